The topological polar surface area (TPSA) is 57.5 Å². The Morgan fingerprint density at radius 1 is 1.75 bits per heavy atom. The Morgan fingerprint density at radius 3 is 2.12 bits per heavy atom. The van der Waals surface area contributed by atoms with Crippen LogP contribution in [-0.4, -0.2) is 16.2 Å². The number of carboxylic acid groups (broad SMARTS) is 1. The van der Waals surface area contributed by atoms with Crippen molar-refractivity contribution in [1.29, 1.82) is 0 Å². The van der Waals surface area contributed by atoms with E-state index in [1.165, 1.54) is 6.92 Å². The summed E-state index contributed by atoms with van der Waals surface area (Å²) in [4.78, 5) is 9.74. The molecule has 0 rings (SSSR count). The summed E-state index contributed by atoms with van der Waals surface area (Å²) in [6.45, 7) is 2.03. The molecule has 0 bridgehead atoms. The maximum absolute atomic E-state index is 9.74. The molecule has 2 N–H and O–H groups in total. The number of aliphatic hydroxyl groups excluding tert-OH is 1. The van der Waals surface area contributed by atoms with Crippen molar-refractivity contribution in [1.82, 2.24) is 0 Å². The molecule has 0 aromatic rings. The maximum Gasteiger partial charge on any atom is 3.00 e. The maximum atomic E-state index is 9.74. The van der Waals surface area contributed by atoms with E-state index in [1.807, 2.05) is 0 Å². The van der Waals surface area contributed by atoms with Gasteiger partial charge in [0.1, 0.15) is 0 Å². The first-order valence-electron chi connectivity index (χ1n) is 1.89. The summed E-state index contributed by atoms with van der Waals surface area (Å²) in [5.74, 6) is -1.76. The number of aliphatic hydroxyl groups is 1. The number of hydrogen-bond acceptors (Lipinski definition) is 2. The molecular formula is C4H7O3Y+2. The normalized spacial score (nSPS) is 11.8. The van der Waals surface area contributed by atoms with Gasteiger partial charge in [-0.25, -0.2) is 6.61 Å². The standard InChI is InChI=1S/C4H7O3.Y/c1-3(2-5)4(6)7;/h2-3,5H,1H3,(H,6,7);/q-1;+3. The van der Waals surface area contributed by atoms with Crippen molar-refractivity contribution in [3.05, 3.63) is 6.61 Å². The Bertz CT molecular complexity index is 73.7. The summed E-state index contributed by atoms with van der Waals surface area (Å²) < 4.78 is 0. The van der Waals surface area contributed by atoms with Crippen LogP contribution in [0.15, 0.2) is 0 Å². The Morgan fingerprint density at radius 2 is 2.12 bits per heavy atom. The van der Waals surface area contributed by atoms with Crippen molar-refractivity contribution in [2.75, 3.05) is 0 Å². The van der Waals surface area contributed by atoms with Crippen LogP contribution in [-0.2, 0) is 37.5 Å². The van der Waals surface area contributed by atoms with Gasteiger partial charge in [-0.05, 0) is 5.92 Å². The van der Waals surface area contributed by atoms with Crippen LogP contribution in [0.4, 0.5) is 0 Å². The van der Waals surface area contributed by atoms with Crippen LogP contribution < -0.4 is 0 Å². The summed E-state index contributed by atoms with van der Waals surface area (Å²) >= 11 is 0. The second kappa shape index (κ2) is 5.67. The van der Waals surface area contributed by atoms with Crippen LogP contribution in [0, 0.1) is 12.5 Å². The molecule has 0 aromatic heterocycles. The quantitative estimate of drug-likeness (QED) is 0.616. The molecule has 4 heteroatoms. The number of aliphatic carboxylic acids is 1. The fourth-order valence-corrected chi connectivity index (χ4v) is 0.0638. The van der Waals surface area contributed by atoms with Gasteiger partial charge in [-0.2, -0.15) is 0 Å². The Balaban J connectivity index is 0. The summed E-state index contributed by atoms with van der Waals surface area (Å²) in [5.41, 5.74) is 0. The molecule has 0 aliphatic heterocycles. The molecular weight excluding hydrogens is 185 g/mol. The summed E-state index contributed by atoms with van der Waals surface area (Å²) in [6, 6.07) is 0. The van der Waals surface area contributed by atoms with Crippen molar-refractivity contribution >= 4 is 5.97 Å². The molecule has 0 aliphatic rings. The Labute approximate surface area is 73.0 Å². The van der Waals surface area contributed by atoms with E-state index in [0.29, 0.717) is 6.61 Å². The monoisotopic (exact) mass is 192 g/mol. The molecule has 8 heavy (non-hydrogen) atoms. The zero-order valence-corrected chi connectivity index (χ0v) is 7.37. The SMILES string of the molecule is CC([CH-]O)C(=O)O.[Y+3]. The summed E-state index contributed by atoms with van der Waals surface area (Å²) in [6.07, 6.45) is 0. The summed E-state index contributed by atoms with van der Waals surface area (Å²) in [5, 5.41) is 16.0. The van der Waals surface area contributed by atoms with Crippen molar-refractivity contribution < 1.29 is 47.7 Å². The van der Waals surface area contributed by atoms with Gasteiger partial charge in [-0.15, -0.1) is 0 Å². The number of carboxylic acids is 1. The summed E-state index contributed by atoms with van der Waals surface area (Å²) in [7, 11) is 0. The molecule has 1 unspecified atom stereocenters. The second-order valence-corrected chi connectivity index (χ2v) is 1.28. The van der Waals surface area contributed by atoms with E-state index in [9.17, 15) is 4.79 Å². The largest absolute Gasteiger partial charge is 3.00 e. The van der Waals surface area contributed by atoms with Gasteiger partial charge >= 0.3 is 32.7 Å². The smallest absolute Gasteiger partial charge is 0.565 e. The molecule has 0 aliphatic carbocycles. The molecule has 1 atom stereocenters. The van der Waals surface area contributed by atoms with Crippen LogP contribution >= 0.6 is 0 Å². The van der Waals surface area contributed by atoms with E-state index in [2.05, 4.69) is 0 Å². The molecule has 0 saturated carbocycles. The zero-order valence-electron chi connectivity index (χ0n) is 4.53. The third kappa shape index (κ3) is 4.69. The van der Waals surface area contributed by atoms with Crippen molar-refractivity contribution in [2.24, 2.45) is 5.92 Å². The first kappa shape index (κ1) is 11.3. The van der Waals surface area contributed by atoms with Crippen molar-refractivity contribution in [2.45, 2.75) is 6.92 Å². The van der Waals surface area contributed by atoms with E-state index in [-0.39, 0.29) is 32.7 Å². The third-order valence-electron chi connectivity index (χ3n) is 0.613. The minimum Gasteiger partial charge on any atom is -0.565 e. The van der Waals surface area contributed by atoms with Crippen molar-refractivity contribution in [3.63, 3.8) is 0 Å². The molecule has 3 nitrogen and oxygen atoms in total. The van der Waals surface area contributed by atoms with E-state index < -0.39 is 11.9 Å². The van der Waals surface area contributed by atoms with Gasteiger partial charge < -0.3 is 10.2 Å². The van der Waals surface area contributed by atoms with E-state index in [0.717, 1.165) is 0 Å². The zero-order chi connectivity index (χ0) is 5.86. The van der Waals surface area contributed by atoms with Gasteiger partial charge in [-0.1, -0.05) is 6.92 Å². The number of hydrogen-bond donors (Lipinski definition) is 2. The third-order valence-corrected chi connectivity index (χ3v) is 0.613. The number of rotatable bonds is 2. The molecule has 0 radical (unpaired) electrons. The van der Waals surface area contributed by atoms with Gasteiger partial charge in [0.25, 0.3) is 5.97 Å². The molecule has 0 spiro atoms. The van der Waals surface area contributed by atoms with Crippen molar-refractivity contribution in [3.8, 4) is 0 Å². The van der Waals surface area contributed by atoms with Crippen LogP contribution in [0.25, 0.3) is 0 Å². The average molecular weight is 192 g/mol. The molecule has 0 heterocycles. The van der Waals surface area contributed by atoms with E-state index in [1.54, 1.807) is 0 Å². The van der Waals surface area contributed by atoms with Crippen LogP contribution in [0.2, 0.25) is 0 Å². The van der Waals surface area contributed by atoms with Crippen LogP contribution in [0.3, 0.4) is 0 Å². The fraction of sp³-hybridized carbons (Fsp3) is 0.500. The molecule has 0 amide bonds. The van der Waals surface area contributed by atoms with Crippen LogP contribution in [0.5, 0.6) is 0 Å². The van der Waals surface area contributed by atoms with Gasteiger partial charge in [0, 0.05) is 0 Å². The van der Waals surface area contributed by atoms with Crippen LogP contribution in [0.1, 0.15) is 6.92 Å². The second-order valence-electron chi connectivity index (χ2n) is 1.28. The molecule has 0 saturated heterocycles. The van der Waals surface area contributed by atoms with Gasteiger partial charge in [0.2, 0.25) is 0 Å². The average Bonchev–Trinajstić information content (AvgIpc) is 1.65. The number of carbonyl (C=O) groups is 1. The van der Waals surface area contributed by atoms with E-state index >= 15 is 0 Å². The first-order chi connectivity index (χ1) is 3.18. The fourth-order valence-electron chi connectivity index (χ4n) is 0.0638. The molecule has 42 valence electrons. The van der Waals surface area contributed by atoms with E-state index in [4.69, 9.17) is 10.2 Å². The Kier molecular flexibility index (Phi) is 8.04. The predicted molar refractivity (Wildman–Crippen MR) is 23.0 cm³/mol. The molecule has 0 aromatic carbocycles. The van der Waals surface area contributed by atoms with Gasteiger partial charge in [-0.3, -0.25) is 4.79 Å². The predicted octanol–water partition coefficient (Wildman–Crippen LogP) is 0.239. The van der Waals surface area contributed by atoms with Gasteiger partial charge in [0.15, 0.2) is 0 Å². The first-order valence-corrected chi connectivity index (χ1v) is 1.89. The Hall–Kier alpha value is 0.534. The minimum absolute atomic E-state index is 0. The molecule has 0 fully saturated rings. The van der Waals surface area contributed by atoms with Gasteiger partial charge in [0.05, 0.1) is 0 Å². The minimum atomic E-state index is -1.01.